The van der Waals surface area contributed by atoms with Crippen molar-refractivity contribution in [2.75, 3.05) is 0 Å². The molecule has 0 radical (unpaired) electrons. The fourth-order valence-electron chi connectivity index (χ4n) is 1.93. The van der Waals surface area contributed by atoms with E-state index in [2.05, 4.69) is 0 Å². The SMILES string of the molecule is CC1(C)C(=O)C2CCC1O2. The van der Waals surface area contributed by atoms with Crippen molar-refractivity contribution in [1.29, 1.82) is 0 Å². The summed E-state index contributed by atoms with van der Waals surface area (Å²) in [5, 5.41) is 0. The molecule has 0 N–H and O–H groups in total. The lowest BCUT2D eigenvalue weighted by atomic mass is 9.76. The van der Waals surface area contributed by atoms with Gasteiger partial charge in [0, 0.05) is 0 Å². The average molecular weight is 140 g/mol. The molecule has 10 heavy (non-hydrogen) atoms. The molecule has 0 spiro atoms. The second-order valence-corrected chi connectivity index (χ2v) is 3.78. The van der Waals surface area contributed by atoms with E-state index in [0.717, 1.165) is 12.8 Å². The van der Waals surface area contributed by atoms with Crippen LogP contribution in [0.4, 0.5) is 0 Å². The van der Waals surface area contributed by atoms with Gasteiger partial charge in [-0.15, -0.1) is 0 Å². The maximum absolute atomic E-state index is 11.4. The number of hydrogen-bond donors (Lipinski definition) is 0. The minimum atomic E-state index is -0.192. The maximum Gasteiger partial charge on any atom is 0.169 e. The van der Waals surface area contributed by atoms with Crippen molar-refractivity contribution >= 4 is 5.78 Å². The highest BCUT2D eigenvalue weighted by Crippen LogP contribution is 2.44. The summed E-state index contributed by atoms with van der Waals surface area (Å²) in [6.07, 6.45) is 2.18. The molecule has 0 aliphatic carbocycles. The van der Waals surface area contributed by atoms with Crippen LogP contribution in [0.15, 0.2) is 0 Å². The molecule has 0 aromatic carbocycles. The smallest absolute Gasteiger partial charge is 0.169 e. The standard InChI is InChI=1S/C8H12O2/c1-8(2)6-4-3-5(10-6)7(8)9/h5-6H,3-4H2,1-2H3. The third-order valence-corrected chi connectivity index (χ3v) is 2.75. The zero-order chi connectivity index (χ0) is 7.35. The van der Waals surface area contributed by atoms with Crippen molar-refractivity contribution in [2.24, 2.45) is 5.41 Å². The van der Waals surface area contributed by atoms with Crippen molar-refractivity contribution in [3.63, 3.8) is 0 Å². The molecule has 2 bridgehead atoms. The van der Waals surface area contributed by atoms with Crippen molar-refractivity contribution in [2.45, 2.75) is 38.9 Å². The molecular formula is C8H12O2. The van der Waals surface area contributed by atoms with Gasteiger partial charge < -0.3 is 4.74 Å². The number of rotatable bonds is 0. The summed E-state index contributed by atoms with van der Waals surface area (Å²) < 4.78 is 5.45. The number of ketones is 1. The van der Waals surface area contributed by atoms with Gasteiger partial charge in [-0.25, -0.2) is 0 Å². The number of fused-ring (bicyclic) bond motifs is 2. The van der Waals surface area contributed by atoms with Crippen LogP contribution in [0.1, 0.15) is 26.7 Å². The Morgan fingerprint density at radius 2 is 2.20 bits per heavy atom. The third kappa shape index (κ3) is 0.553. The molecule has 2 saturated heterocycles. The average Bonchev–Trinajstić information content (AvgIpc) is 2.37. The molecule has 0 aromatic heterocycles. The first-order valence-corrected chi connectivity index (χ1v) is 3.82. The van der Waals surface area contributed by atoms with Gasteiger partial charge in [-0.3, -0.25) is 4.79 Å². The molecule has 0 saturated carbocycles. The lowest BCUT2D eigenvalue weighted by molar-refractivity contribution is -0.127. The maximum atomic E-state index is 11.4. The first kappa shape index (κ1) is 6.35. The highest BCUT2D eigenvalue weighted by molar-refractivity contribution is 5.91. The van der Waals surface area contributed by atoms with Crippen molar-refractivity contribution in [3.05, 3.63) is 0 Å². The second kappa shape index (κ2) is 1.62. The van der Waals surface area contributed by atoms with Crippen LogP contribution in [-0.2, 0) is 9.53 Å². The zero-order valence-electron chi connectivity index (χ0n) is 6.39. The summed E-state index contributed by atoms with van der Waals surface area (Å²) >= 11 is 0. The van der Waals surface area contributed by atoms with Crippen LogP contribution in [0, 0.1) is 5.41 Å². The largest absolute Gasteiger partial charge is 0.366 e. The Kier molecular flexibility index (Phi) is 1.03. The molecule has 2 fully saturated rings. The molecule has 56 valence electrons. The van der Waals surface area contributed by atoms with E-state index in [1.807, 2.05) is 13.8 Å². The van der Waals surface area contributed by atoms with Gasteiger partial charge >= 0.3 is 0 Å². The van der Waals surface area contributed by atoms with Crippen LogP contribution >= 0.6 is 0 Å². The minimum absolute atomic E-state index is 0.0556. The first-order valence-electron chi connectivity index (χ1n) is 3.82. The summed E-state index contributed by atoms with van der Waals surface area (Å²) in [6, 6.07) is 0. The molecular weight excluding hydrogens is 128 g/mol. The van der Waals surface area contributed by atoms with E-state index in [1.54, 1.807) is 0 Å². The molecule has 0 amide bonds. The molecule has 2 nitrogen and oxygen atoms in total. The Morgan fingerprint density at radius 1 is 1.50 bits per heavy atom. The van der Waals surface area contributed by atoms with Crippen LogP contribution in [0.3, 0.4) is 0 Å². The van der Waals surface area contributed by atoms with Crippen molar-refractivity contribution in [3.8, 4) is 0 Å². The van der Waals surface area contributed by atoms with Crippen LogP contribution < -0.4 is 0 Å². The molecule has 2 rings (SSSR count). The lowest BCUT2D eigenvalue weighted by Crippen LogP contribution is -2.35. The molecule has 2 aliphatic heterocycles. The minimum Gasteiger partial charge on any atom is -0.366 e. The summed E-state index contributed by atoms with van der Waals surface area (Å²) in [5.74, 6) is 0.309. The Morgan fingerprint density at radius 3 is 2.50 bits per heavy atom. The lowest BCUT2D eigenvalue weighted by Gasteiger charge is -2.23. The van der Waals surface area contributed by atoms with Gasteiger partial charge in [0.05, 0.1) is 11.5 Å². The Hall–Kier alpha value is -0.370. The van der Waals surface area contributed by atoms with E-state index in [1.165, 1.54) is 0 Å². The van der Waals surface area contributed by atoms with Crippen molar-refractivity contribution < 1.29 is 9.53 Å². The number of Topliss-reactive ketones (excluding diaryl/α,β-unsaturated/α-hetero) is 1. The number of carbonyl (C=O) groups excluding carboxylic acids is 1. The van der Waals surface area contributed by atoms with Gasteiger partial charge in [-0.1, -0.05) is 13.8 Å². The highest BCUT2D eigenvalue weighted by Gasteiger charge is 2.53. The van der Waals surface area contributed by atoms with E-state index in [9.17, 15) is 4.79 Å². The van der Waals surface area contributed by atoms with E-state index >= 15 is 0 Å². The van der Waals surface area contributed by atoms with Crippen LogP contribution in [0.2, 0.25) is 0 Å². The molecule has 2 heterocycles. The fraction of sp³-hybridized carbons (Fsp3) is 0.875. The molecule has 2 aliphatic rings. The predicted molar refractivity (Wildman–Crippen MR) is 36.7 cm³/mol. The quantitative estimate of drug-likeness (QED) is 0.504. The van der Waals surface area contributed by atoms with Crippen molar-refractivity contribution in [1.82, 2.24) is 0 Å². The van der Waals surface area contributed by atoms with Crippen LogP contribution in [0.25, 0.3) is 0 Å². The highest BCUT2D eigenvalue weighted by atomic mass is 16.5. The van der Waals surface area contributed by atoms with Gasteiger partial charge in [-0.05, 0) is 12.8 Å². The van der Waals surface area contributed by atoms with E-state index < -0.39 is 0 Å². The third-order valence-electron chi connectivity index (χ3n) is 2.75. The Balaban J connectivity index is 2.34. The van der Waals surface area contributed by atoms with Gasteiger partial charge in [0.2, 0.25) is 0 Å². The van der Waals surface area contributed by atoms with Gasteiger partial charge in [0.25, 0.3) is 0 Å². The van der Waals surface area contributed by atoms with Gasteiger partial charge in [0.1, 0.15) is 6.10 Å². The Bertz CT molecular complexity index is 184. The van der Waals surface area contributed by atoms with E-state index in [-0.39, 0.29) is 17.6 Å². The molecule has 2 atom stereocenters. The van der Waals surface area contributed by atoms with E-state index in [4.69, 9.17) is 4.74 Å². The second-order valence-electron chi connectivity index (χ2n) is 3.78. The van der Waals surface area contributed by atoms with Crippen LogP contribution in [0.5, 0.6) is 0 Å². The summed E-state index contributed by atoms with van der Waals surface area (Å²) in [4.78, 5) is 11.4. The van der Waals surface area contributed by atoms with Gasteiger partial charge in [0.15, 0.2) is 5.78 Å². The number of hydrogen-bond acceptors (Lipinski definition) is 2. The summed E-state index contributed by atoms with van der Waals surface area (Å²) in [5.41, 5.74) is -0.192. The van der Waals surface area contributed by atoms with Gasteiger partial charge in [-0.2, -0.15) is 0 Å². The predicted octanol–water partition coefficient (Wildman–Crippen LogP) is 1.14. The first-order chi connectivity index (χ1) is 4.62. The molecule has 0 aromatic rings. The fourth-order valence-corrected chi connectivity index (χ4v) is 1.93. The Labute approximate surface area is 60.6 Å². The van der Waals surface area contributed by atoms with Crippen LogP contribution in [-0.4, -0.2) is 18.0 Å². The zero-order valence-corrected chi connectivity index (χ0v) is 6.39. The molecule has 2 unspecified atom stereocenters. The number of carbonyl (C=O) groups is 1. The normalized spacial score (nSPS) is 42.8. The molecule has 2 heteroatoms. The monoisotopic (exact) mass is 140 g/mol. The number of ether oxygens (including phenoxy) is 1. The van der Waals surface area contributed by atoms with E-state index in [0.29, 0.717) is 5.78 Å². The summed E-state index contributed by atoms with van der Waals surface area (Å²) in [7, 11) is 0. The topological polar surface area (TPSA) is 26.3 Å². The summed E-state index contributed by atoms with van der Waals surface area (Å²) in [6.45, 7) is 3.97.